The molecule has 0 aliphatic carbocycles. The lowest BCUT2D eigenvalue weighted by atomic mass is 10.1. The fraction of sp³-hybridized carbons (Fsp3) is 0.286. The van der Waals surface area contributed by atoms with Crippen molar-refractivity contribution in [2.45, 2.75) is 26.3 Å². The normalized spacial score (nSPS) is 14.0. The largest absolute Gasteiger partial charge is 0.366 e. The molecule has 1 amide bonds. The number of rotatable bonds is 6. The Morgan fingerprint density at radius 2 is 1.72 bits per heavy atom. The monoisotopic (exact) mass is 524 g/mol. The van der Waals surface area contributed by atoms with Gasteiger partial charge < -0.3 is 14.4 Å². The molecule has 0 N–H and O–H groups in total. The molecule has 2 heterocycles. The number of amides is 1. The summed E-state index contributed by atoms with van der Waals surface area (Å²) < 4.78 is 16.2. The van der Waals surface area contributed by atoms with Crippen molar-refractivity contribution < 1.29 is 9.18 Å². The van der Waals surface area contributed by atoms with E-state index in [1.165, 1.54) is 11.6 Å². The van der Waals surface area contributed by atoms with Gasteiger partial charge >= 0.3 is 0 Å². The van der Waals surface area contributed by atoms with Crippen molar-refractivity contribution in [3.05, 3.63) is 93.5 Å². The van der Waals surface area contributed by atoms with E-state index in [9.17, 15) is 9.18 Å². The predicted molar refractivity (Wildman–Crippen MR) is 144 cm³/mol. The summed E-state index contributed by atoms with van der Waals surface area (Å²) in [6.45, 7) is 4.89. The highest BCUT2D eigenvalue weighted by molar-refractivity contribution is 6.42. The zero-order valence-electron chi connectivity index (χ0n) is 20.1. The number of benzene rings is 3. The van der Waals surface area contributed by atoms with Crippen molar-refractivity contribution in [3.8, 4) is 0 Å². The Labute approximate surface area is 220 Å². The molecule has 1 aliphatic heterocycles. The number of para-hydroxylation sites is 1. The van der Waals surface area contributed by atoms with Gasteiger partial charge in [-0.2, -0.15) is 0 Å². The van der Waals surface area contributed by atoms with Crippen LogP contribution in [0.2, 0.25) is 10.0 Å². The van der Waals surface area contributed by atoms with Gasteiger partial charge in [0.15, 0.2) is 0 Å². The lowest BCUT2D eigenvalue weighted by Crippen LogP contribution is -2.49. The molecule has 186 valence electrons. The topological polar surface area (TPSA) is 41.4 Å². The van der Waals surface area contributed by atoms with Gasteiger partial charge in [0.2, 0.25) is 5.91 Å². The Morgan fingerprint density at radius 1 is 0.972 bits per heavy atom. The van der Waals surface area contributed by atoms with E-state index in [0.29, 0.717) is 61.3 Å². The zero-order chi connectivity index (χ0) is 25.2. The van der Waals surface area contributed by atoms with Gasteiger partial charge in [-0.15, -0.1) is 0 Å². The number of carbonyl (C=O) groups is 1. The molecule has 0 bridgehead atoms. The number of fused-ring (bicyclic) bond motifs is 1. The Balaban J connectivity index is 1.31. The van der Waals surface area contributed by atoms with Crippen molar-refractivity contribution in [2.24, 2.45) is 0 Å². The van der Waals surface area contributed by atoms with Gasteiger partial charge in [-0.25, -0.2) is 9.37 Å². The SMILES string of the molecule is Cc1cccc(Cc2nc3cc(Cl)c(Cl)cc3n2CCC(=O)N2CCN(c3ccccc3F)CC2)c1. The van der Waals surface area contributed by atoms with Crippen LogP contribution in [-0.2, 0) is 17.8 Å². The number of piperazine rings is 1. The van der Waals surface area contributed by atoms with Crippen LogP contribution < -0.4 is 4.90 Å². The molecule has 1 saturated heterocycles. The van der Waals surface area contributed by atoms with E-state index in [1.807, 2.05) is 28.0 Å². The van der Waals surface area contributed by atoms with Crippen LogP contribution in [0.3, 0.4) is 0 Å². The summed E-state index contributed by atoms with van der Waals surface area (Å²) in [6.07, 6.45) is 0.979. The van der Waals surface area contributed by atoms with Crippen LogP contribution in [0.4, 0.5) is 10.1 Å². The summed E-state index contributed by atoms with van der Waals surface area (Å²) in [5.41, 5.74) is 4.55. The summed E-state index contributed by atoms with van der Waals surface area (Å²) in [6, 6.07) is 18.7. The highest BCUT2D eigenvalue weighted by Crippen LogP contribution is 2.29. The van der Waals surface area contributed by atoms with Crippen LogP contribution in [0.25, 0.3) is 11.0 Å². The first-order chi connectivity index (χ1) is 17.4. The van der Waals surface area contributed by atoms with Crippen LogP contribution in [0.1, 0.15) is 23.4 Å². The first-order valence-corrected chi connectivity index (χ1v) is 12.8. The van der Waals surface area contributed by atoms with Crippen molar-refractivity contribution in [1.29, 1.82) is 0 Å². The minimum atomic E-state index is -0.232. The molecule has 36 heavy (non-hydrogen) atoms. The summed E-state index contributed by atoms with van der Waals surface area (Å²) in [5.74, 6) is 0.710. The van der Waals surface area contributed by atoms with Crippen molar-refractivity contribution in [3.63, 3.8) is 0 Å². The third-order valence-electron chi connectivity index (χ3n) is 6.69. The van der Waals surface area contributed by atoms with Gasteiger partial charge in [-0.1, -0.05) is 65.2 Å². The maximum absolute atomic E-state index is 14.2. The Bertz CT molecular complexity index is 1410. The van der Waals surface area contributed by atoms with Crippen LogP contribution in [0, 0.1) is 12.7 Å². The second kappa shape index (κ2) is 10.5. The third-order valence-corrected chi connectivity index (χ3v) is 7.41. The number of anilines is 1. The Morgan fingerprint density at radius 3 is 2.47 bits per heavy atom. The van der Waals surface area contributed by atoms with E-state index in [1.54, 1.807) is 18.2 Å². The highest BCUT2D eigenvalue weighted by atomic mass is 35.5. The molecule has 0 spiro atoms. The van der Waals surface area contributed by atoms with Gasteiger partial charge in [0, 0.05) is 45.6 Å². The number of hydrogen-bond acceptors (Lipinski definition) is 3. The Hall–Kier alpha value is -3.09. The predicted octanol–water partition coefficient (Wildman–Crippen LogP) is 6.12. The maximum Gasteiger partial charge on any atom is 0.224 e. The minimum absolute atomic E-state index is 0.0756. The second-order valence-electron chi connectivity index (χ2n) is 9.17. The number of aromatic nitrogens is 2. The highest BCUT2D eigenvalue weighted by Gasteiger charge is 2.23. The van der Waals surface area contributed by atoms with Gasteiger partial charge in [-0.3, -0.25) is 4.79 Å². The fourth-order valence-electron chi connectivity index (χ4n) is 4.83. The van der Waals surface area contributed by atoms with Crippen LogP contribution in [0.15, 0.2) is 60.7 Å². The van der Waals surface area contributed by atoms with Gasteiger partial charge in [0.05, 0.1) is 26.8 Å². The first kappa shape index (κ1) is 24.6. The molecule has 4 aromatic rings. The summed E-state index contributed by atoms with van der Waals surface area (Å²) in [4.78, 5) is 21.8. The number of halogens is 3. The number of imidazole rings is 1. The van der Waals surface area contributed by atoms with Gasteiger partial charge in [0.1, 0.15) is 11.6 Å². The minimum Gasteiger partial charge on any atom is -0.366 e. The summed E-state index contributed by atoms with van der Waals surface area (Å²) in [5, 5.41) is 0.919. The molecule has 8 heteroatoms. The number of nitrogens with zero attached hydrogens (tertiary/aromatic N) is 4. The number of carbonyl (C=O) groups excluding carboxylic acids is 1. The molecule has 0 unspecified atom stereocenters. The van der Waals surface area contributed by atoms with E-state index in [-0.39, 0.29) is 11.7 Å². The van der Waals surface area contributed by atoms with Crippen LogP contribution >= 0.6 is 23.2 Å². The van der Waals surface area contributed by atoms with E-state index in [0.717, 1.165) is 22.4 Å². The molecule has 1 aliphatic rings. The Kier molecular flexibility index (Phi) is 7.17. The van der Waals surface area contributed by atoms with E-state index >= 15 is 0 Å². The molecule has 1 fully saturated rings. The molecular weight excluding hydrogens is 498 g/mol. The lowest BCUT2D eigenvalue weighted by Gasteiger charge is -2.36. The molecule has 3 aromatic carbocycles. The molecule has 5 rings (SSSR count). The average Bonchev–Trinajstić information content (AvgIpc) is 3.18. The van der Waals surface area contributed by atoms with Crippen molar-refractivity contribution in [2.75, 3.05) is 31.1 Å². The number of hydrogen-bond donors (Lipinski definition) is 0. The van der Waals surface area contributed by atoms with Gasteiger partial charge in [0.25, 0.3) is 0 Å². The van der Waals surface area contributed by atoms with Crippen molar-refractivity contribution in [1.82, 2.24) is 14.5 Å². The first-order valence-electron chi connectivity index (χ1n) is 12.1. The van der Waals surface area contributed by atoms with E-state index < -0.39 is 0 Å². The molecule has 0 radical (unpaired) electrons. The van der Waals surface area contributed by atoms with Gasteiger partial charge in [-0.05, 0) is 36.8 Å². The summed E-state index contributed by atoms with van der Waals surface area (Å²) in [7, 11) is 0. The second-order valence-corrected chi connectivity index (χ2v) is 9.98. The molecular formula is C28H27Cl2FN4O. The average molecular weight is 525 g/mol. The smallest absolute Gasteiger partial charge is 0.224 e. The van der Waals surface area contributed by atoms with Crippen molar-refractivity contribution >= 4 is 45.8 Å². The van der Waals surface area contributed by atoms with Crippen LogP contribution in [-0.4, -0.2) is 46.5 Å². The maximum atomic E-state index is 14.2. The zero-order valence-corrected chi connectivity index (χ0v) is 21.6. The quantitative estimate of drug-likeness (QED) is 0.305. The fourth-order valence-corrected chi connectivity index (χ4v) is 5.15. The third kappa shape index (κ3) is 5.20. The van der Waals surface area contributed by atoms with E-state index in [4.69, 9.17) is 28.2 Å². The molecule has 0 atom stereocenters. The van der Waals surface area contributed by atoms with E-state index in [2.05, 4.69) is 29.7 Å². The molecule has 5 nitrogen and oxygen atoms in total. The molecule has 0 saturated carbocycles. The molecule has 1 aromatic heterocycles. The standard InChI is InChI=1S/C28H27Cl2FN4O/c1-19-5-4-6-20(15-19)16-27-32-24-17-21(29)22(30)18-26(24)35(27)10-9-28(36)34-13-11-33(12-14-34)25-8-3-2-7-23(25)31/h2-8,15,17-18H,9-14,16H2,1H3. The summed E-state index contributed by atoms with van der Waals surface area (Å²) >= 11 is 12.6. The number of aryl methyl sites for hydroxylation is 2. The lowest BCUT2D eigenvalue weighted by molar-refractivity contribution is -0.131. The van der Waals surface area contributed by atoms with Crippen LogP contribution in [0.5, 0.6) is 0 Å².